The quantitative estimate of drug-likeness (QED) is 0.368. The van der Waals surface area contributed by atoms with Crippen LogP contribution in [0, 0.1) is 13.8 Å². The lowest BCUT2D eigenvalue weighted by Gasteiger charge is -2.25. The number of carbonyl (C=O) groups is 1. The van der Waals surface area contributed by atoms with Gasteiger partial charge in [0.05, 0.1) is 23.6 Å². The number of benzene rings is 2. The van der Waals surface area contributed by atoms with Gasteiger partial charge in [-0.05, 0) is 67.6 Å². The van der Waals surface area contributed by atoms with Crippen molar-refractivity contribution in [3.05, 3.63) is 74.6 Å². The molecule has 2 aromatic carbocycles. The van der Waals surface area contributed by atoms with Gasteiger partial charge in [0.15, 0.2) is 5.43 Å². The smallest absolute Gasteiger partial charge is 0.290 e. The van der Waals surface area contributed by atoms with Crippen LogP contribution in [-0.4, -0.2) is 37.7 Å². The lowest BCUT2D eigenvalue weighted by atomic mass is 9.97. The molecule has 0 radical (unpaired) electrons. The molecule has 0 saturated carbocycles. The van der Waals surface area contributed by atoms with Crippen LogP contribution in [0.4, 0.5) is 0 Å². The molecule has 0 spiro atoms. The number of amides is 1. The third kappa shape index (κ3) is 4.60. The summed E-state index contributed by atoms with van der Waals surface area (Å²) in [6, 6.07) is 10.9. The van der Waals surface area contributed by atoms with E-state index >= 15 is 0 Å². The zero-order valence-electron chi connectivity index (χ0n) is 20.5. The predicted molar refractivity (Wildman–Crippen MR) is 133 cm³/mol. The first-order valence-electron chi connectivity index (χ1n) is 12.1. The van der Waals surface area contributed by atoms with E-state index in [2.05, 4.69) is 6.92 Å². The Kier molecular flexibility index (Phi) is 7.37. The molecular formula is C28H33NO5. The van der Waals surface area contributed by atoms with Crippen LogP contribution in [0.1, 0.15) is 71.5 Å². The number of fused-ring (bicyclic) bond motifs is 2. The van der Waals surface area contributed by atoms with Crippen LogP contribution in [0.25, 0.3) is 11.0 Å². The summed E-state index contributed by atoms with van der Waals surface area (Å²) in [6.07, 6.45) is 3.89. The molecule has 0 bridgehead atoms. The van der Waals surface area contributed by atoms with Crippen molar-refractivity contribution in [2.24, 2.45) is 0 Å². The average Bonchev–Trinajstić information content (AvgIpc) is 3.10. The van der Waals surface area contributed by atoms with E-state index in [1.807, 2.05) is 50.2 Å². The number of ether oxygens (including phenoxy) is 2. The van der Waals surface area contributed by atoms with Crippen LogP contribution >= 0.6 is 0 Å². The minimum atomic E-state index is -0.527. The summed E-state index contributed by atoms with van der Waals surface area (Å²) >= 11 is 0. The molecule has 0 saturated heterocycles. The second-order valence-electron chi connectivity index (χ2n) is 8.98. The van der Waals surface area contributed by atoms with E-state index in [-0.39, 0.29) is 17.1 Å². The van der Waals surface area contributed by atoms with Gasteiger partial charge in [0.2, 0.25) is 5.76 Å². The molecule has 6 nitrogen and oxygen atoms in total. The molecule has 1 unspecified atom stereocenters. The molecule has 6 heteroatoms. The molecule has 0 N–H and O–H groups in total. The number of nitrogens with zero attached hydrogens (tertiary/aromatic N) is 1. The zero-order chi connectivity index (χ0) is 24.2. The Morgan fingerprint density at radius 3 is 2.56 bits per heavy atom. The number of hydrogen-bond acceptors (Lipinski definition) is 5. The van der Waals surface area contributed by atoms with Gasteiger partial charge in [-0.25, -0.2) is 0 Å². The Bertz CT molecular complexity index is 1250. The maximum Gasteiger partial charge on any atom is 0.290 e. The van der Waals surface area contributed by atoms with Crippen LogP contribution in [0.15, 0.2) is 45.6 Å². The zero-order valence-corrected chi connectivity index (χ0v) is 20.5. The molecule has 1 atom stereocenters. The molecule has 34 heavy (non-hydrogen) atoms. The van der Waals surface area contributed by atoms with E-state index in [0.717, 1.165) is 41.7 Å². The van der Waals surface area contributed by atoms with Gasteiger partial charge in [-0.15, -0.1) is 0 Å². The number of rotatable bonds is 10. The third-order valence-corrected chi connectivity index (χ3v) is 6.52. The molecule has 180 valence electrons. The number of unbranched alkanes of at least 4 members (excludes halogenated alkanes) is 2. The molecule has 1 aromatic heterocycles. The second-order valence-corrected chi connectivity index (χ2v) is 8.98. The van der Waals surface area contributed by atoms with E-state index in [1.165, 1.54) is 0 Å². The van der Waals surface area contributed by atoms with Crippen molar-refractivity contribution >= 4 is 16.9 Å². The topological polar surface area (TPSA) is 69.0 Å². The first kappa shape index (κ1) is 24.0. The second kappa shape index (κ2) is 10.4. The van der Waals surface area contributed by atoms with Crippen molar-refractivity contribution in [2.45, 2.75) is 52.5 Å². The number of aryl methyl sites for hydroxylation is 2. The summed E-state index contributed by atoms with van der Waals surface area (Å²) < 4.78 is 17.3. The van der Waals surface area contributed by atoms with Crippen molar-refractivity contribution in [3.63, 3.8) is 0 Å². The monoisotopic (exact) mass is 463 g/mol. The fraction of sp³-hybridized carbons (Fsp3) is 0.429. The lowest BCUT2D eigenvalue weighted by molar-refractivity contribution is 0.0707. The highest BCUT2D eigenvalue weighted by Gasteiger charge is 2.42. The van der Waals surface area contributed by atoms with Gasteiger partial charge in [-0.3, -0.25) is 9.59 Å². The van der Waals surface area contributed by atoms with Gasteiger partial charge in [0, 0.05) is 20.3 Å². The van der Waals surface area contributed by atoms with Gasteiger partial charge in [-0.2, -0.15) is 0 Å². The van der Waals surface area contributed by atoms with Crippen LogP contribution in [0.2, 0.25) is 0 Å². The largest absolute Gasteiger partial charge is 0.494 e. The predicted octanol–water partition coefficient (Wildman–Crippen LogP) is 5.56. The van der Waals surface area contributed by atoms with Gasteiger partial charge >= 0.3 is 0 Å². The molecule has 0 aliphatic carbocycles. The summed E-state index contributed by atoms with van der Waals surface area (Å²) in [6.45, 7) is 7.72. The fourth-order valence-corrected chi connectivity index (χ4v) is 4.55. The van der Waals surface area contributed by atoms with E-state index < -0.39 is 6.04 Å². The maximum absolute atomic E-state index is 13.7. The molecular weight excluding hydrogens is 430 g/mol. The standard InChI is InChI=1S/C28H33NO5/c1-5-6-7-14-33-21-11-8-10-20(17-21)25-24-26(30)22-15-18(2)19(3)16-23(22)34-27(24)28(31)29(25)12-9-13-32-4/h8,10-11,15-17,25H,5-7,9,12-14H2,1-4H3. The van der Waals surface area contributed by atoms with Crippen LogP contribution in [0.5, 0.6) is 5.75 Å². The van der Waals surface area contributed by atoms with Crippen LogP contribution in [-0.2, 0) is 4.74 Å². The lowest BCUT2D eigenvalue weighted by Crippen LogP contribution is -2.31. The molecule has 1 aliphatic heterocycles. The highest BCUT2D eigenvalue weighted by molar-refractivity contribution is 5.99. The highest BCUT2D eigenvalue weighted by atomic mass is 16.5. The van der Waals surface area contributed by atoms with Crippen LogP contribution in [0.3, 0.4) is 0 Å². The van der Waals surface area contributed by atoms with Crippen LogP contribution < -0.4 is 10.2 Å². The normalized spacial score (nSPS) is 15.2. The van der Waals surface area contributed by atoms with Crippen molar-refractivity contribution < 1.29 is 18.7 Å². The minimum absolute atomic E-state index is 0.137. The van der Waals surface area contributed by atoms with Gasteiger partial charge in [0.25, 0.3) is 5.91 Å². The summed E-state index contributed by atoms with van der Waals surface area (Å²) in [5.74, 6) is 0.614. The summed E-state index contributed by atoms with van der Waals surface area (Å²) in [5, 5.41) is 0.505. The fourth-order valence-electron chi connectivity index (χ4n) is 4.55. The third-order valence-electron chi connectivity index (χ3n) is 6.52. The SMILES string of the molecule is CCCCCOc1cccc(C2c3c(oc4cc(C)c(C)cc4c3=O)C(=O)N2CCCOC)c1. The molecule has 1 aliphatic rings. The van der Waals surface area contributed by atoms with Gasteiger partial charge in [0.1, 0.15) is 11.3 Å². The van der Waals surface area contributed by atoms with Crippen molar-refractivity contribution in [2.75, 3.05) is 26.9 Å². The first-order valence-corrected chi connectivity index (χ1v) is 12.1. The maximum atomic E-state index is 13.7. The van der Waals surface area contributed by atoms with Crippen molar-refractivity contribution in [1.82, 2.24) is 4.90 Å². The summed E-state index contributed by atoms with van der Waals surface area (Å²) in [5.41, 5.74) is 3.57. The Balaban J connectivity index is 1.80. The summed E-state index contributed by atoms with van der Waals surface area (Å²) in [7, 11) is 1.64. The number of hydrogen-bond donors (Lipinski definition) is 0. The number of methoxy groups -OCH3 is 1. The highest BCUT2D eigenvalue weighted by Crippen LogP contribution is 2.39. The number of carbonyl (C=O) groups excluding carboxylic acids is 1. The average molecular weight is 464 g/mol. The van der Waals surface area contributed by atoms with Gasteiger partial charge in [-0.1, -0.05) is 31.9 Å². The molecule has 4 rings (SSSR count). The van der Waals surface area contributed by atoms with E-state index in [0.29, 0.717) is 42.7 Å². The Morgan fingerprint density at radius 2 is 1.79 bits per heavy atom. The Labute approximate surface area is 200 Å². The Hall–Kier alpha value is -3.12. The Morgan fingerprint density at radius 1 is 1.00 bits per heavy atom. The van der Waals surface area contributed by atoms with E-state index in [9.17, 15) is 9.59 Å². The summed E-state index contributed by atoms with van der Waals surface area (Å²) in [4.78, 5) is 28.9. The molecule has 1 amide bonds. The first-order chi connectivity index (χ1) is 16.5. The molecule has 2 heterocycles. The van der Waals surface area contributed by atoms with E-state index in [4.69, 9.17) is 13.9 Å². The van der Waals surface area contributed by atoms with E-state index in [1.54, 1.807) is 12.0 Å². The molecule has 3 aromatic rings. The van der Waals surface area contributed by atoms with Crippen molar-refractivity contribution in [1.29, 1.82) is 0 Å². The minimum Gasteiger partial charge on any atom is -0.494 e. The molecule has 0 fully saturated rings. The van der Waals surface area contributed by atoms with Gasteiger partial charge < -0.3 is 18.8 Å². The van der Waals surface area contributed by atoms with Crippen molar-refractivity contribution in [3.8, 4) is 5.75 Å².